The lowest BCUT2D eigenvalue weighted by atomic mass is 10.0. The fourth-order valence-corrected chi connectivity index (χ4v) is 7.89. The first-order valence-corrected chi connectivity index (χ1v) is 24.0. The maximum absolute atomic E-state index is 14.2. The Morgan fingerprint density at radius 1 is 0.676 bits per heavy atom. The Morgan fingerprint density at radius 3 is 1.72 bits per heavy atom. The molecule has 18 nitrogen and oxygen atoms in total. The zero-order valence-corrected chi connectivity index (χ0v) is 40.7. The number of amidine groups is 2. The number of aliphatic hydroxyl groups is 1. The van der Waals surface area contributed by atoms with E-state index in [1.165, 1.54) is 10.1 Å². The number of hydrogen-bond donors (Lipinski definition) is 7. The third-order valence-corrected chi connectivity index (χ3v) is 12.1. The number of carbonyl (C=O) groups excluding carboxylic acids is 4. The molecule has 2 aliphatic heterocycles. The van der Waals surface area contributed by atoms with Crippen molar-refractivity contribution in [2.24, 2.45) is 21.5 Å². The summed E-state index contributed by atoms with van der Waals surface area (Å²) in [6, 6.07) is 25.1. The van der Waals surface area contributed by atoms with Crippen LogP contribution in [0.25, 0.3) is 12.2 Å². The summed E-state index contributed by atoms with van der Waals surface area (Å²) in [6.45, 7) is 4.62. The van der Waals surface area contributed by atoms with Crippen molar-refractivity contribution in [3.63, 3.8) is 0 Å². The molecule has 374 valence electrons. The third-order valence-electron chi connectivity index (χ3n) is 12.1. The lowest BCUT2D eigenvalue weighted by Gasteiger charge is -2.23. The number of carbonyl (C=O) groups is 4. The van der Waals surface area contributed by atoms with Gasteiger partial charge in [-0.3, -0.25) is 28.9 Å². The quantitative estimate of drug-likeness (QED) is 0.0273. The van der Waals surface area contributed by atoms with E-state index in [9.17, 15) is 24.3 Å². The van der Waals surface area contributed by atoms with Crippen molar-refractivity contribution < 1.29 is 34.0 Å². The number of nitrogen functional groups attached to an aromatic ring is 1. The van der Waals surface area contributed by atoms with E-state index in [0.29, 0.717) is 82.9 Å². The van der Waals surface area contributed by atoms with Crippen molar-refractivity contribution >= 4 is 70.2 Å². The van der Waals surface area contributed by atoms with Crippen LogP contribution in [0.5, 0.6) is 0 Å². The summed E-state index contributed by atoms with van der Waals surface area (Å²) in [7, 11) is 3.97. The minimum atomic E-state index is -0.560. The Bertz CT molecular complexity index is 2690. The van der Waals surface area contributed by atoms with E-state index in [2.05, 4.69) is 30.8 Å². The number of rotatable bonds is 23. The molecule has 2 heterocycles. The van der Waals surface area contributed by atoms with Gasteiger partial charge in [-0.15, -0.1) is 0 Å². The molecule has 0 bridgehead atoms. The number of nitrogens with one attached hydrogen (secondary N) is 3. The number of anilines is 2. The van der Waals surface area contributed by atoms with Crippen molar-refractivity contribution in [1.29, 1.82) is 0 Å². The Balaban J connectivity index is 0.945. The van der Waals surface area contributed by atoms with Gasteiger partial charge in [0.1, 0.15) is 24.9 Å². The smallest absolute Gasteiger partial charge is 0.273 e. The van der Waals surface area contributed by atoms with Gasteiger partial charge in [-0.05, 0) is 125 Å². The lowest BCUT2D eigenvalue weighted by molar-refractivity contribution is -0.187. The van der Waals surface area contributed by atoms with Crippen molar-refractivity contribution in [3.05, 3.63) is 129 Å². The molecule has 7 rings (SSSR count). The number of hydrogen-bond acceptors (Lipinski definition) is 14. The number of benzene rings is 4. The van der Waals surface area contributed by atoms with Gasteiger partial charge in [0.15, 0.2) is 0 Å². The van der Waals surface area contributed by atoms with Crippen LogP contribution in [-0.4, -0.2) is 114 Å². The first-order valence-electron chi connectivity index (χ1n) is 24.0. The van der Waals surface area contributed by atoms with E-state index in [1.54, 1.807) is 60.7 Å². The van der Waals surface area contributed by atoms with Crippen molar-refractivity contribution in [2.45, 2.75) is 70.6 Å². The molecule has 4 aromatic rings. The predicted octanol–water partition coefficient (Wildman–Crippen LogP) is 5.59. The van der Waals surface area contributed by atoms with Crippen molar-refractivity contribution in [1.82, 2.24) is 25.7 Å². The fourth-order valence-electron chi connectivity index (χ4n) is 7.89. The van der Waals surface area contributed by atoms with E-state index >= 15 is 0 Å². The van der Waals surface area contributed by atoms with Crippen LogP contribution < -0.4 is 33.2 Å². The minimum Gasteiger partial charge on any atom is -0.399 e. The summed E-state index contributed by atoms with van der Waals surface area (Å²) in [5.74, 6) is -0.736. The number of aliphatic hydroxyl groups excluding tert-OH is 1. The molecular formula is C53H65N11O7. The maximum atomic E-state index is 14.2. The van der Waals surface area contributed by atoms with Gasteiger partial charge in [0.2, 0.25) is 0 Å². The molecule has 10 N–H and O–H groups in total. The molecule has 0 unspecified atom stereocenters. The molecule has 4 aromatic carbocycles. The van der Waals surface area contributed by atoms with Gasteiger partial charge in [0.25, 0.3) is 23.6 Å². The van der Waals surface area contributed by atoms with E-state index in [-0.39, 0.29) is 74.5 Å². The largest absolute Gasteiger partial charge is 0.399 e. The van der Waals surface area contributed by atoms with Crippen LogP contribution in [0.1, 0.15) is 94.8 Å². The summed E-state index contributed by atoms with van der Waals surface area (Å²) >= 11 is 0. The predicted molar refractivity (Wildman–Crippen MR) is 276 cm³/mol. The zero-order chi connectivity index (χ0) is 50.5. The second-order valence-electron chi connectivity index (χ2n) is 18.3. The molecule has 1 fully saturated rings. The monoisotopic (exact) mass is 968 g/mol. The summed E-state index contributed by atoms with van der Waals surface area (Å²) < 4.78 is 0. The van der Waals surface area contributed by atoms with Crippen LogP contribution in [0.15, 0.2) is 106 Å². The number of nitrogens with zero attached hydrogens (tertiary/aromatic N) is 5. The summed E-state index contributed by atoms with van der Waals surface area (Å²) in [5, 5.41) is 21.6. The van der Waals surface area contributed by atoms with Crippen LogP contribution in [0.4, 0.5) is 22.7 Å². The first kappa shape index (κ1) is 51.5. The normalized spacial score (nSPS) is 14.5. The molecule has 4 amide bonds. The Hall–Kier alpha value is -7.38. The van der Waals surface area contributed by atoms with Gasteiger partial charge in [-0.1, -0.05) is 43.3 Å². The number of aliphatic imine (C=N–C) groups is 2. The zero-order valence-electron chi connectivity index (χ0n) is 40.7. The van der Waals surface area contributed by atoms with Gasteiger partial charge in [0, 0.05) is 77.3 Å². The van der Waals surface area contributed by atoms with Crippen LogP contribution >= 0.6 is 0 Å². The Morgan fingerprint density at radius 2 is 1.20 bits per heavy atom. The number of amides is 4. The van der Waals surface area contributed by atoms with Crippen LogP contribution in [0.3, 0.4) is 0 Å². The molecule has 18 heteroatoms. The molecule has 1 saturated carbocycles. The van der Waals surface area contributed by atoms with Crippen molar-refractivity contribution in [3.8, 4) is 0 Å². The highest BCUT2D eigenvalue weighted by molar-refractivity contribution is 6.07. The van der Waals surface area contributed by atoms with Gasteiger partial charge in [-0.25, -0.2) is 20.1 Å². The fraction of sp³-hybridized carbons (Fsp3) is 0.358. The second kappa shape index (κ2) is 24.0. The summed E-state index contributed by atoms with van der Waals surface area (Å²) in [5.41, 5.74) is 25.1. The average Bonchev–Trinajstić information content (AvgIpc) is 4.18. The highest BCUT2D eigenvalue weighted by Gasteiger charge is 2.43. The van der Waals surface area contributed by atoms with Crippen LogP contribution in [0.2, 0.25) is 0 Å². The topological polar surface area (TPSA) is 256 Å². The van der Waals surface area contributed by atoms with Gasteiger partial charge in [-0.2, -0.15) is 0 Å². The minimum absolute atomic E-state index is 0.0903. The van der Waals surface area contributed by atoms with Crippen LogP contribution in [0, 0.1) is 0 Å². The first-order chi connectivity index (χ1) is 34.2. The van der Waals surface area contributed by atoms with Gasteiger partial charge in [0.05, 0.1) is 30.1 Å². The highest BCUT2D eigenvalue weighted by Crippen LogP contribution is 2.36. The summed E-state index contributed by atoms with van der Waals surface area (Å²) in [6.07, 6.45) is 7.13. The molecule has 0 radical (unpaired) electrons. The SMILES string of the molecule is CCCN(OCc1ccc(NCCCN(OCc2ccc(N)cc2)C(=O)C2=Cc3ccc(C(=O)NCCCN(C)C)cc3N=C(N)C2)cc1)C(=O)C1=Cc2ccc(C(=O)NC3(CO)CC3)cc2N=C(N)C1. The molecule has 0 saturated heterocycles. The molecule has 0 spiro atoms. The molecule has 1 aliphatic carbocycles. The van der Waals surface area contributed by atoms with Crippen molar-refractivity contribution in [2.75, 3.05) is 64.5 Å². The molecule has 0 atom stereocenters. The Kier molecular flexibility index (Phi) is 17.4. The van der Waals surface area contributed by atoms with E-state index in [4.69, 9.17) is 26.9 Å². The third kappa shape index (κ3) is 14.4. The standard InChI is InChI=1S/C53H65N11O7/c1-4-23-63(51(68)41-26-38-12-14-40(29-46(38)60-47(55)30-41)50(67)61-53(34-65)19-20-53)70-33-36-9-17-44(18-10-36)57-21-6-25-64(71-32-35-7-15-43(54)16-8-35)52(69)42-27-37-11-13-39(28-45(37)59-48(56)31-42)49(66)58-22-5-24-62(2)3/h7-18,26-29,57,65H,4-6,19-25,30-34,54H2,1-3H3,(H2,55,60)(H2,56,59)(H,58,66)(H,61,67). The van der Waals surface area contributed by atoms with Gasteiger partial charge >= 0.3 is 0 Å². The molecule has 0 aromatic heterocycles. The number of fused-ring (bicyclic) bond motifs is 2. The number of nitrogens with two attached hydrogens (primary N) is 3. The van der Waals surface area contributed by atoms with E-state index < -0.39 is 5.54 Å². The molecular weight excluding hydrogens is 903 g/mol. The summed E-state index contributed by atoms with van der Waals surface area (Å²) in [4.78, 5) is 77.4. The van der Waals surface area contributed by atoms with Crippen LogP contribution in [-0.2, 0) is 32.5 Å². The molecule has 3 aliphatic rings. The van der Waals surface area contributed by atoms with Gasteiger partial charge < -0.3 is 43.2 Å². The average molecular weight is 968 g/mol. The highest BCUT2D eigenvalue weighted by atomic mass is 16.7. The van der Waals surface area contributed by atoms with E-state index in [0.717, 1.165) is 42.6 Å². The maximum Gasteiger partial charge on any atom is 0.273 e. The molecule has 71 heavy (non-hydrogen) atoms. The van der Waals surface area contributed by atoms with E-state index in [1.807, 2.05) is 57.4 Å². The second-order valence-corrected chi connectivity index (χ2v) is 18.3. The number of hydroxylamine groups is 4. The Labute approximate surface area is 414 Å². The lowest BCUT2D eigenvalue weighted by Crippen LogP contribution is -2.39.